The third-order valence-electron chi connectivity index (χ3n) is 3.50. The van der Waals surface area contributed by atoms with E-state index in [1.54, 1.807) is 27.7 Å². The van der Waals surface area contributed by atoms with Gasteiger partial charge in [0.05, 0.1) is 10.5 Å². The van der Waals surface area contributed by atoms with E-state index in [4.69, 9.17) is 4.74 Å². The van der Waals surface area contributed by atoms with E-state index < -0.39 is 28.0 Å². The van der Waals surface area contributed by atoms with Gasteiger partial charge in [-0.2, -0.15) is 4.31 Å². The molecule has 0 radical (unpaired) electrons. The van der Waals surface area contributed by atoms with Crippen LogP contribution in [0.25, 0.3) is 0 Å². The maximum atomic E-state index is 12.5. The van der Waals surface area contributed by atoms with Crippen molar-refractivity contribution in [2.75, 3.05) is 13.1 Å². The van der Waals surface area contributed by atoms with Crippen molar-refractivity contribution in [2.24, 2.45) is 0 Å². The summed E-state index contributed by atoms with van der Waals surface area (Å²) in [6.07, 6.45) is -0.974. The first-order valence-corrected chi connectivity index (χ1v) is 9.69. The van der Waals surface area contributed by atoms with Crippen molar-refractivity contribution in [1.29, 1.82) is 0 Å². The van der Waals surface area contributed by atoms with Gasteiger partial charge in [0.1, 0.15) is 0 Å². The van der Waals surface area contributed by atoms with Crippen molar-refractivity contribution < 1.29 is 22.7 Å². The van der Waals surface area contributed by atoms with Crippen molar-refractivity contribution in [3.05, 3.63) is 29.8 Å². The van der Waals surface area contributed by atoms with E-state index >= 15 is 0 Å². The van der Waals surface area contributed by atoms with Gasteiger partial charge in [0.2, 0.25) is 10.0 Å². The van der Waals surface area contributed by atoms with Crippen molar-refractivity contribution in [3.8, 4) is 0 Å². The largest absolute Gasteiger partial charge is 0.449 e. The summed E-state index contributed by atoms with van der Waals surface area (Å²) in [5.41, 5.74) is 0.0810. The molecule has 0 aliphatic carbocycles. The second kappa shape index (κ2) is 8.96. The maximum Gasteiger partial charge on any atom is 0.338 e. The number of hydrogen-bond donors (Lipinski definition) is 1. The first kappa shape index (κ1) is 21.1. The van der Waals surface area contributed by atoms with Crippen LogP contribution in [-0.4, -0.2) is 49.8 Å². The van der Waals surface area contributed by atoms with Gasteiger partial charge in [-0.3, -0.25) is 4.79 Å². The molecule has 0 aromatic heterocycles. The molecule has 8 heteroatoms. The number of hydrogen-bond acceptors (Lipinski definition) is 5. The van der Waals surface area contributed by atoms with Gasteiger partial charge in [0.15, 0.2) is 6.10 Å². The van der Waals surface area contributed by atoms with Gasteiger partial charge < -0.3 is 10.1 Å². The summed E-state index contributed by atoms with van der Waals surface area (Å²) in [6, 6.07) is 5.56. The molecule has 1 N–H and O–H groups in total. The summed E-state index contributed by atoms with van der Waals surface area (Å²) in [7, 11) is -3.67. The molecule has 0 heterocycles. The normalized spacial score (nSPS) is 12.9. The van der Waals surface area contributed by atoms with Gasteiger partial charge in [0, 0.05) is 19.1 Å². The van der Waals surface area contributed by atoms with E-state index in [0.717, 1.165) is 0 Å². The highest BCUT2D eigenvalue weighted by Crippen LogP contribution is 2.17. The summed E-state index contributed by atoms with van der Waals surface area (Å²) in [4.78, 5) is 24.1. The molecule has 1 aromatic rings. The van der Waals surface area contributed by atoms with Crippen molar-refractivity contribution >= 4 is 21.9 Å². The summed E-state index contributed by atoms with van der Waals surface area (Å²) in [6.45, 7) is 9.22. The zero-order valence-electron chi connectivity index (χ0n) is 15.3. The maximum absolute atomic E-state index is 12.5. The van der Waals surface area contributed by atoms with E-state index in [0.29, 0.717) is 13.1 Å². The third kappa shape index (κ3) is 5.54. The van der Waals surface area contributed by atoms with Crippen LogP contribution >= 0.6 is 0 Å². The summed E-state index contributed by atoms with van der Waals surface area (Å²) < 4.78 is 31.5. The van der Waals surface area contributed by atoms with Crippen molar-refractivity contribution in [1.82, 2.24) is 9.62 Å². The van der Waals surface area contributed by atoms with Crippen LogP contribution in [-0.2, 0) is 19.6 Å². The van der Waals surface area contributed by atoms with Crippen LogP contribution in [0.15, 0.2) is 29.2 Å². The van der Waals surface area contributed by atoms with Gasteiger partial charge in [-0.1, -0.05) is 19.9 Å². The van der Waals surface area contributed by atoms with E-state index in [1.165, 1.54) is 35.5 Å². The number of benzene rings is 1. The number of rotatable bonds is 8. The lowest BCUT2D eigenvalue weighted by atomic mass is 10.2. The Bertz CT molecular complexity index is 712. The Morgan fingerprint density at radius 1 is 1.16 bits per heavy atom. The molecule has 140 valence electrons. The molecule has 1 amide bonds. The first-order chi connectivity index (χ1) is 11.6. The Balaban J connectivity index is 2.98. The van der Waals surface area contributed by atoms with E-state index in [1.807, 2.05) is 0 Å². The van der Waals surface area contributed by atoms with Crippen LogP contribution in [0.2, 0.25) is 0 Å². The molecule has 1 rings (SSSR count). The predicted molar refractivity (Wildman–Crippen MR) is 94.7 cm³/mol. The van der Waals surface area contributed by atoms with Crippen molar-refractivity contribution in [3.63, 3.8) is 0 Å². The van der Waals surface area contributed by atoms with Gasteiger partial charge in [-0.15, -0.1) is 0 Å². The molecule has 25 heavy (non-hydrogen) atoms. The van der Waals surface area contributed by atoms with Gasteiger partial charge in [0.25, 0.3) is 5.91 Å². The number of carbonyl (C=O) groups excluding carboxylic acids is 2. The number of ether oxygens (including phenoxy) is 1. The fourth-order valence-electron chi connectivity index (χ4n) is 2.18. The molecule has 0 bridgehead atoms. The molecule has 1 unspecified atom stereocenters. The van der Waals surface area contributed by atoms with Gasteiger partial charge in [-0.05, 0) is 39.0 Å². The Hall–Kier alpha value is -1.93. The molecule has 1 aromatic carbocycles. The quantitative estimate of drug-likeness (QED) is 0.704. The van der Waals surface area contributed by atoms with Gasteiger partial charge in [-0.25, -0.2) is 13.2 Å². The fraction of sp³-hybridized carbons (Fsp3) is 0.529. The molecule has 0 saturated heterocycles. The minimum absolute atomic E-state index is 0.0185. The lowest BCUT2D eigenvalue weighted by Gasteiger charge is -2.19. The molecule has 0 aliphatic rings. The monoisotopic (exact) mass is 370 g/mol. The zero-order valence-corrected chi connectivity index (χ0v) is 16.1. The van der Waals surface area contributed by atoms with E-state index in [-0.39, 0.29) is 16.5 Å². The Kier molecular flexibility index (Phi) is 7.57. The zero-order chi connectivity index (χ0) is 19.2. The number of carbonyl (C=O) groups is 2. The van der Waals surface area contributed by atoms with E-state index in [2.05, 4.69) is 5.32 Å². The molecule has 1 atom stereocenters. The highest BCUT2D eigenvalue weighted by atomic mass is 32.2. The molecule has 0 aliphatic heterocycles. The summed E-state index contributed by atoms with van der Waals surface area (Å²) >= 11 is 0. The standard InChI is InChI=1S/C17H26N2O5S/c1-6-19(7-2)25(22,23)15-10-8-9-14(11-15)17(21)24-13(5)16(20)18-12(3)4/h8-13H,6-7H2,1-5H3,(H,18,20). The van der Waals surface area contributed by atoms with Crippen molar-refractivity contribution in [2.45, 2.75) is 51.7 Å². The minimum atomic E-state index is -3.67. The number of esters is 1. The predicted octanol–water partition coefficient (Wildman–Crippen LogP) is 1.79. The average Bonchev–Trinajstić information content (AvgIpc) is 2.55. The molecular formula is C17H26N2O5S. The second-order valence-corrected chi connectivity index (χ2v) is 7.77. The Morgan fingerprint density at radius 2 is 1.76 bits per heavy atom. The average molecular weight is 370 g/mol. The van der Waals surface area contributed by atoms with Gasteiger partial charge >= 0.3 is 5.97 Å². The molecular weight excluding hydrogens is 344 g/mol. The number of nitrogens with zero attached hydrogens (tertiary/aromatic N) is 1. The van der Waals surface area contributed by atoms with Crippen LogP contribution in [0.1, 0.15) is 45.0 Å². The first-order valence-electron chi connectivity index (χ1n) is 8.25. The second-order valence-electron chi connectivity index (χ2n) is 5.83. The summed E-state index contributed by atoms with van der Waals surface area (Å²) in [5.74, 6) is -1.15. The molecule has 0 fully saturated rings. The Morgan fingerprint density at radius 3 is 2.28 bits per heavy atom. The van der Waals surface area contributed by atoms with E-state index in [9.17, 15) is 18.0 Å². The Labute approximate surface area is 149 Å². The van der Waals surface area contributed by atoms with Crippen LogP contribution in [0, 0.1) is 0 Å². The topological polar surface area (TPSA) is 92.8 Å². The highest BCUT2D eigenvalue weighted by molar-refractivity contribution is 7.89. The third-order valence-corrected chi connectivity index (χ3v) is 5.54. The molecule has 7 nitrogen and oxygen atoms in total. The number of sulfonamides is 1. The lowest BCUT2D eigenvalue weighted by Crippen LogP contribution is -2.39. The molecule has 0 spiro atoms. The lowest BCUT2D eigenvalue weighted by molar-refractivity contribution is -0.129. The minimum Gasteiger partial charge on any atom is -0.449 e. The number of amides is 1. The fourth-order valence-corrected chi connectivity index (χ4v) is 3.68. The molecule has 0 saturated carbocycles. The van der Waals surface area contributed by atoms with Crippen LogP contribution in [0.4, 0.5) is 0 Å². The summed E-state index contributed by atoms with van der Waals surface area (Å²) in [5, 5.41) is 2.65. The van der Waals surface area contributed by atoms with Crippen LogP contribution in [0.3, 0.4) is 0 Å². The smallest absolute Gasteiger partial charge is 0.338 e. The van der Waals surface area contributed by atoms with Crippen LogP contribution < -0.4 is 5.32 Å². The van der Waals surface area contributed by atoms with Crippen LogP contribution in [0.5, 0.6) is 0 Å². The number of nitrogens with one attached hydrogen (secondary N) is 1. The SMILES string of the molecule is CCN(CC)S(=O)(=O)c1cccc(C(=O)OC(C)C(=O)NC(C)C)c1. The highest BCUT2D eigenvalue weighted by Gasteiger charge is 2.24.